The number of ether oxygens (including phenoxy) is 1. The van der Waals surface area contributed by atoms with Crippen molar-refractivity contribution in [1.29, 1.82) is 0 Å². The first-order valence-electron chi connectivity index (χ1n) is 3.93. The van der Waals surface area contributed by atoms with Crippen molar-refractivity contribution in [3.8, 4) is 5.75 Å². The molecule has 1 aromatic carbocycles. The molecule has 0 heterocycles. The van der Waals surface area contributed by atoms with Crippen LogP contribution in [0, 0.1) is 0 Å². The Balaban J connectivity index is 0.00000196. The third kappa shape index (κ3) is 4.00. The van der Waals surface area contributed by atoms with Crippen LogP contribution in [0.1, 0.15) is 6.92 Å². The predicted molar refractivity (Wildman–Crippen MR) is 50.0 cm³/mol. The predicted octanol–water partition coefficient (Wildman–Crippen LogP) is -2.42. The maximum atomic E-state index is 10.6. The van der Waals surface area contributed by atoms with Crippen molar-refractivity contribution in [3.63, 3.8) is 0 Å². The first-order chi connectivity index (χ1) is 6.45. The largest absolute Gasteiger partial charge is 1.00 e. The molecule has 0 aliphatic heterocycles. The van der Waals surface area contributed by atoms with E-state index in [0.29, 0.717) is 12.3 Å². The number of nitrogen functional groups attached to an aromatic ring is 1. The fourth-order valence-corrected chi connectivity index (χ4v) is 1.44. The summed E-state index contributed by atoms with van der Waals surface area (Å²) in [7, 11) is -4.45. The van der Waals surface area contributed by atoms with Gasteiger partial charge in [0, 0.05) is 0 Å². The van der Waals surface area contributed by atoms with E-state index in [2.05, 4.69) is 0 Å². The summed E-state index contributed by atoms with van der Waals surface area (Å²) in [5, 5.41) is 0. The van der Waals surface area contributed by atoms with Crippen molar-refractivity contribution in [1.82, 2.24) is 0 Å². The van der Waals surface area contributed by atoms with Gasteiger partial charge in [0.15, 0.2) is 0 Å². The van der Waals surface area contributed by atoms with Crippen LogP contribution in [0.2, 0.25) is 0 Å². The third-order valence-corrected chi connectivity index (χ3v) is 2.40. The average Bonchev–Trinajstić information content (AvgIpc) is 2.07. The van der Waals surface area contributed by atoms with Crippen LogP contribution in [-0.2, 0) is 10.1 Å². The van der Waals surface area contributed by atoms with E-state index in [1.807, 2.05) is 0 Å². The van der Waals surface area contributed by atoms with Crippen LogP contribution < -0.4 is 40.0 Å². The Bertz CT molecular complexity index is 432. The first kappa shape index (κ1) is 14.7. The van der Waals surface area contributed by atoms with Crippen molar-refractivity contribution in [3.05, 3.63) is 18.2 Å². The SMILES string of the molecule is CCOc1cc(S(=O)(=O)[O-])ccc1N.[Na+]. The Morgan fingerprint density at radius 1 is 1.47 bits per heavy atom. The zero-order valence-corrected chi connectivity index (χ0v) is 11.4. The molecule has 1 rings (SSSR count). The van der Waals surface area contributed by atoms with E-state index in [4.69, 9.17) is 10.5 Å². The Hall–Kier alpha value is -0.270. The smallest absolute Gasteiger partial charge is 0.744 e. The summed E-state index contributed by atoms with van der Waals surface area (Å²) in [6, 6.07) is 3.61. The molecule has 0 radical (unpaired) electrons. The molecule has 0 aliphatic carbocycles. The van der Waals surface area contributed by atoms with E-state index in [1.165, 1.54) is 6.07 Å². The molecular weight excluding hydrogens is 229 g/mol. The van der Waals surface area contributed by atoms with E-state index in [0.717, 1.165) is 12.1 Å². The van der Waals surface area contributed by atoms with Gasteiger partial charge in [-0.05, 0) is 25.1 Å². The van der Waals surface area contributed by atoms with E-state index in [9.17, 15) is 13.0 Å². The molecule has 1 aromatic rings. The molecule has 0 saturated carbocycles. The number of anilines is 1. The maximum absolute atomic E-state index is 10.6. The minimum absolute atomic E-state index is 0. The minimum Gasteiger partial charge on any atom is -0.744 e. The summed E-state index contributed by atoms with van der Waals surface area (Å²) in [5.41, 5.74) is 5.80. The summed E-state index contributed by atoms with van der Waals surface area (Å²) in [6.45, 7) is 2.09. The third-order valence-electron chi connectivity index (χ3n) is 1.57. The summed E-state index contributed by atoms with van der Waals surface area (Å²) in [5.74, 6) is 0.212. The number of hydrogen-bond acceptors (Lipinski definition) is 5. The van der Waals surface area contributed by atoms with E-state index in [1.54, 1.807) is 6.92 Å². The second-order valence-electron chi connectivity index (χ2n) is 2.59. The molecule has 0 aliphatic rings. The van der Waals surface area contributed by atoms with Gasteiger partial charge in [0.25, 0.3) is 0 Å². The zero-order chi connectivity index (χ0) is 10.8. The van der Waals surface area contributed by atoms with E-state index in [-0.39, 0.29) is 40.2 Å². The summed E-state index contributed by atoms with van der Waals surface area (Å²) < 4.78 is 37.0. The zero-order valence-electron chi connectivity index (χ0n) is 8.56. The van der Waals surface area contributed by atoms with Gasteiger partial charge in [-0.2, -0.15) is 0 Å². The second-order valence-corrected chi connectivity index (χ2v) is 3.97. The topological polar surface area (TPSA) is 92.5 Å². The molecule has 7 heteroatoms. The van der Waals surface area contributed by atoms with Crippen LogP contribution in [-0.4, -0.2) is 19.6 Å². The average molecular weight is 239 g/mol. The van der Waals surface area contributed by atoms with Crippen LogP contribution >= 0.6 is 0 Å². The van der Waals surface area contributed by atoms with Gasteiger partial charge in [0.1, 0.15) is 15.9 Å². The normalized spacial score (nSPS) is 10.5. The molecule has 0 bridgehead atoms. The Labute approximate surface area is 111 Å². The van der Waals surface area contributed by atoms with Gasteiger partial charge in [-0.25, -0.2) is 8.42 Å². The van der Waals surface area contributed by atoms with Crippen LogP contribution in [0.4, 0.5) is 5.69 Å². The molecule has 0 spiro atoms. The second kappa shape index (κ2) is 5.72. The number of nitrogens with two attached hydrogens (primary N) is 1. The van der Waals surface area contributed by atoms with E-state index < -0.39 is 10.1 Å². The molecule has 78 valence electrons. The van der Waals surface area contributed by atoms with Crippen LogP contribution in [0.15, 0.2) is 23.1 Å². The number of rotatable bonds is 3. The number of benzene rings is 1. The first-order valence-corrected chi connectivity index (χ1v) is 5.34. The van der Waals surface area contributed by atoms with Gasteiger partial charge in [-0.1, -0.05) is 0 Å². The van der Waals surface area contributed by atoms with Crippen molar-refractivity contribution < 1.29 is 47.3 Å². The minimum atomic E-state index is -4.45. The Kier molecular flexibility index (Phi) is 5.61. The van der Waals surface area contributed by atoms with Gasteiger partial charge < -0.3 is 15.0 Å². The van der Waals surface area contributed by atoms with Gasteiger partial charge in [0.2, 0.25) is 0 Å². The summed E-state index contributed by atoms with van der Waals surface area (Å²) >= 11 is 0. The van der Waals surface area contributed by atoms with E-state index >= 15 is 0 Å². The molecule has 0 fully saturated rings. The monoisotopic (exact) mass is 239 g/mol. The van der Waals surface area contributed by atoms with Crippen molar-refractivity contribution in [2.45, 2.75) is 11.8 Å². The molecule has 0 amide bonds. The van der Waals surface area contributed by atoms with Gasteiger partial charge in [-0.15, -0.1) is 0 Å². The Morgan fingerprint density at radius 3 is 2.53 bits per heavy atom. The van der Waals surface area contributed by atoms with Crippen molar-refractivity contribution in [2.24, 2.45) is 0 Å². The van der Waals surface area contributed by atoms with Crippen molar-refractivity contribution >= 4 is 15.8 Å². The van der Waals surface area contributed by atoms with Gasteiger partial charge in [0.05, 0.1) is 17.2 Å². The molecule has 2 N–H and O–H groups in total. The molecule has 0 saturated heterocycles. The standard InChI is InChI=1S/C8H11NO4S.Na/c1-2-13-8-5-6(14(10,11)12)3-4-7(8)9;/h3-5H,2,9H2,1H3,(H,10,11,12);/q;+1/p-1. The van der Waals surface area contributed by atoms with Crippen LogP contribution in [0.3, 0.4) is 0 Å². The summed E-state index contributed by atoms with van der Waals surface area (Å²) in [4.78, 5) is -0.338. The molecule has 15 heavy (non-hydrogen) atoms. The molecule has 0 atom stereocenters. The Morgan fingerprint density at radius 2 is 2.07 bits per heavy atom. The van der Waals surface area contributed by atoms with Gasteiger partial charge in [-0.3, -0.25) is 0 Å². The molecule has 5 nitrogen and oxygen atoms in total. The molecular formula is C8H10NNaO4S. The summed E-state index contributed by atoms with van der Waals surface area (Å²) in [6.07, 6.45) is 0. The van der Waals surface area contributed by atoms with Crippen molar-refractivity contribution in [2.75, 3.05) is 12.3 Å². The fourth-order valence-electron chi connectivity index (χ4n) is 0.951. The molecule has 0 aromatic heterocycles. The van der Waals surface area contributed by atoms with Crippen LogP contribution in [0.5, 0.6) is 5.75 Å². The molecule has 0 unspecified atom stereocenters. The quantitative estimate of drug-likeness (QED) is 0.360. The fraction of sp³-hybridized carbons (Fsp3) is 0.250. The van der Waals surface area contributed by atoms with Gasteiger partial charge >= 0.3 is 29.6 Å². The maximum Gasteiger partial charge on any atom is 1.00 e. The number of hydrogen-bond donors (Lipinski definition) is 1. The van der Waals surface area contributed by atoms with Crippen LogP contribution in [0.25, 0.3) is 0 Å².